The Morgan fingerprint density at radius 1 is 1.27 bits per heavy atom. The van der Waals surface area contributed by atoms with Crippen molar-refractivity contribution in [1.29, 1.82) is 0 Å². The van der Waals surface area contributed by atoms with E-state index in [1.54, 1.807) is 12.1 Å². The fourth-order valence-electron chi connectivity index (χ4n) is 2.75. The fraction of sp³-hybridized carbons (Fsp3) is 0.588. The van der Waals surface area contributed by atoms with E-state index in [9.17, 15) is 8.42 Å². The van der Waals surface area contributed by atoms with Gasteiger partial charge in [-0.25, -0.2) is 12.7 Å². The van der Waals surface area contributed by atoms with Crippen LogP contribution in [0.3, 0.4) is 0 Å². The number of rotatable bonds is 6. The quantitative estimate of drug-likeness (QED) is 0.571. The number of morpholine rings is 1. The van der Waals surface area contributed by atoms with E-state index in [0.717, 1.165) is 50.5 Å². The second-order valence-electron chi connectivity index (χ2n) is 6.69. The van der Waals surface area contributed by atoms with Crippen LogP contribution in [0.1, 0.15) is 11.1 Å². The second kappa shape index (κ2) is 9.09. The predicted octanol–water partition coefficient (Wildman–Crippen LogP) is -0.245. The van der Waals surface area contributed by atoms with Gasteiger partial charge in [-0.05, 0) is 49.3 Å². The summed E-state index contributed by atoms with van der Waals surface area (Å²) < 4.78 is 31.4. The summed E-state index contributed by atoms with van der Waals surface area (Å²) >= 11 is 5.38. The number of aryl methyl sites for hydroxylation is 1. The number of sulfonamides is 1. The molecule has 0 bridgehead atoms. The van der Waals surface area contributed by atoms with Gasteiger partial charge in [-0.15, -0.1) is 0 Å². The second-order valence-corrected chi connectivity index (χ2v) is 9.25. The summed E-state index contributed by atoms with van der Waals surface area (Å²) in [6.45, 7) is 9.23. The molecule has 0 aromatic heterocycles. The van der Waals surface area contributed by atoms with Crippen molar-refractivity contribution in [3.63, 3.8) is 0 Å². The van der Waals surface area contributed by atoms with Crippen molar-refractivity contribution in [3.05, 3.63) is 23.3 Å². The van der Waals surface area contributed by atoms with Gasteiger partial charge in [-0.3, -0.25) is 0 Å². The largest absolute Gasteiger partial charge is 0.370 e. The highest BCUT2D eigenvalue weighted by Crippen LogP contribution is 2.25. The Bertz CT molecular complexity index is 745. The first kappa shape index (κ1) is 21.0. The smallest absolute Gasteiger partial charge is 0.242 e. The van der Waals surface area contributed by atoms with Crippen molar-refractivity contribution in [2.75, 3.05) is 58.8 Å². The number of nitrogens with zero attached hydrogens (tertiary/aromatic N) is 1. The highest BCUT2D eigenvalue weighted by Gasteiger charge is 2.20. The summed E-state index contributed by atoms with van der Waals surface area (Å²) in [7, 11) is -0.440. The number of ether oxygens (including phenoxy) is 1. The SMILES string of the molecule is Cc1cc(S(=O)(=O)N(C)C)cc(NC(=S)NCC[NH+]2CCOCC2)c1C. The molecule has 0 amide bonds. The van der Waals surface area contributed by atoms with E-state index in [2.05, 4.69) is 10.6 Å². The van der Waals surface area contributed by atoms with Crippen LogP contribution in [0, 0.1) is 13.8 Å². The molecule has 7 nitrogen and oxygen atoms in total. The van der Waals surface area contributed by atoms with Gasteiger partial charge in [0, 0.05) is 19.8 Å². The third-order valence-corrected chi connectivity index (χ3v) is 6.67. The van der Waals surface area contributed by atoms with Gasteiger partial charge in [-0.1, -0.05) is 0 Å². The van der Waals surface area contributed by atoms with Crippen molar-refractivity contribution in [2.45, 2.75) is 18.7 Å². The van der Waals surface area contributed by atoms with Gasteiger partial charge in [0.05, 0.1) is 31.2 Å². The lowest BCUT2D eigenvalue weighted by atomic mass is 10.1. The average molecular weight is 402 g/mol. The molecule has 0 saturated carbocycles. The summed E-state index contributed by atoms with van der Waals surface area (Å²) in [5.74, 6) is 0. The van der Waals surface area contributed by atoms with E-state index in [1.807, 2.05) is 13.8 Å². The number of anilines is 1. The Hall–Kier alpha value is -1.26. The Kier molecular flexibility index (Phi) is 7.36. The number of quaternary nitrogens is 1. The summed E-state index contributed by atoms with van der Waals surface area (Å²) in [5, 5.41) is 6.85. The van der Waals surface area contributed by atoms with Gasteiger partial charge in [0.2, 0.25) is 10.0 Å². The molecule has 0 atom stereocenters. The Morgan fingerprint density at radius 2 is 1.92 bits per heavy atom. The van der Waals surface area contributed by atoms with Gasteiger partial charge in [0.1, 0.15) is 13.1 Å². The van der Waals surface area contributed by atoms with E-state index in [1.165, 1.54) is 23.3 Å². The molecule has 0 aliphatic carbocycles. The molecule has 2 rings (SSSR count). The third kappa shape index (κ3) is 5.37. The number of hydrogen-bond donors (Lipinski definition) is 3. The first-order valence-electron chi connectivity index (χ1n) is 8.71. The van der Waals surface area contributed by atoms with E-state index >= 15 is 0 Å². The van der Waals surface area contributed by atoms with E-state index in [4.69, 9.17) is 17.0 Å². The van der Waals surface area contributed by atoms with Crippen LogP contribution < -0.4 is 15.5 Å². The molecule has 3 N–H and O–H groups in total. The van der Waals surface area contributed by atoms with Crippen LogP contribution in [0.15, 0.2) is 17.0 Å². The lowest BCUT2D eigenvalue weighted by molar-refractivity contribution is -0.906. The number of hydrogen-bond acceptors (Lipinski definition) is 4. The average Bonchev–Trinajstić information content (AvgIpc) is 2.59. The van der Waals surface area contributed by atoms with Crippen LogP contribution in [0.2, 0.25) is 0 Å². The maximum absolute atomic E-state index is 12.4. The normalized spacial score (nSPS) is 15.9. The summed E-state index contributed by atoms with van der Waals surface area (Å²) in [5.41, 5.74) is 2.59. The lowest BCUT2D eigenvalue weighted by Crippen LogP contribution is -3.14. The first-order valence-corrected chi connectivity index (χ1v) is 10.6. The summed E-state index contributed by atoms with van der Waals surface area (Å²) in [6.07, 6.45) is 0. The van der Waals surface area contributed by atoms with Crippen LogP contribution in [-0.4, -0.2) is 71.3 Å². The molecule has 0 radical (unpaired) electrons. The molecule has 1 aliphatic heterocycles. The standard InChI is InChI=1S/C17H28N4O3S2/c1-13-11-15(26(22,23)20(3)4)12-16(14(13)2)19-17(25)18-5-6-21-7-9-24-10-8-21/h11-12H,5-10H2,1-4H3,(H2,18,19,25)/p+1. The summed E-state index contributed by atoms with van der Waals surface area (Å²) in [6, 6.07) is 3.33. The molecule has 9 heteroatoms. The predicted molar refractivity (Wildman–Crippen MR) is 107 cm³/mol. The highest BCUT2D eigenvalue weighted by atomic mass is 32.2. The monoisotopic (exact) mass is 401 g/mol. The van der Waals surface area contributed by atoms with E-state index in [0.29, 0.717) is 10.8 Å². The van der Waals surface area contributed by atoms with Gasteiger partial charge in [-0.2, -0.15) is 0 Å². The van der Waals surface area contributed by atoms with Crippen molar-refractivity contribution in [2.24, 2.45) is 0 Å². The van der Waals surface area contributed by atoms with Crippen molar-refractivity contribution >= 4 is 33.0 Å². The van der Waals surface area contributed by atoms with Crippen LogP contribution in [0.25, 0.3) is 0 Å². The zero-order valence-corrected chi connectivity index (χ0v) is 17.5. The Balaban J connectivity index is 2.01. The highest BCUT2D eigenvalue weighted by molar-refractivity contribution is 7.89. The van der Waals surface area contributed by atoms with Gasteiger partial charge < -0.3 is 20.3 Å². The molecule has 1 aliphatic rings. The molecule has 0 spiro atoms. The maximum atomic E-state index is 12.4. The Morgan fingerprint density at radius 3 is 2.54 bits per heavy atom. The molecule has 1 saturated heterocycles. The molecule has 1 heterocycles. The third-order valence-electron chi connectivity index (χ3n) is 4.63. The van der Waals surface area contributed by atoms with Crippen LogP contribution in [-0.2, 0) is 14.8 Å². The zero-order chi connectivity index (χ0) is 19.3. The van der Waals surface area contributed by atoms with Crippen molar-refractivity contribution in [3.8, 4) is 0 Å². The first-order chi connectivity index (χ1) is 12.2. The molecule has 146 valence electrons. The Labute approximate surface area is 161 Å². The molecular formula is C17H29N4O3S2+. The molecule has 26 heavy (non-hydrogen) atoms. The molecule has 1 aromatic carbocycles. The van der Waals surface area contributed by atoms with E-state index < -0.39 is 10.0 Å². The van der Waals surface area contributed by atoms with Gasteiger partial charge in [0.25, 0.3) is 0 Å². The molecule has 0 unspecified atom stereocenters. The maximum Gasteiger partial charge on any atom is 0.242 e. The van der Waals surface area contributed by atoms with Gasteiger partial charge >= 0.3 is 0 Å². The molecule has 1 aromatic rings. The minimum absolute atomic E-state index is 0.258. The molecule has 1 fully saturated rings. The minimum Gasteiger partial charge on any atom is -0.370 e. The fourth-order valence-corrected chi connectivity index (χ4v) is 3.97. The molecular weight excluding hydrogens is 372 g/mol. The van der Waals surface area contributed by atoms with Crippen LogP contribution in [0.4, 0.5) is 5.69 Å². The summed E-state index contributed by atoms with van der Waals surface area (Å²) in [4.78, 5) is 1.76. The minimum atomic E-state index is -3.49. The van der Waals surface area contributed by atoms with Gasteiger partial charge in [0.15, 0.2) is 5.11 Å². The number of nitrogens with one attached hydrogen (secondary N) is 3. The van der Waals surface area contributed by atoms with Crippen molar-refractivity contribution in [1.82, 2.24) is 9.62 Å². The van der Waals surface area contributed by atoms with Crippen molar-refractivity contribution < 1.29 is 18.1 Å². The number of thiocarbonyl (C=S) groups is 1. The van der Waals surface area contributed by atoms with Crippen LogP contribution in [0.5, 0.6) is 0 Å². The zero-order valence-electron chi connectivity index (χ0n) is 15.9. The van der Waals surface area contributed by atoms with Crippen LogP contribution >= 0.6 is 12.2 Å². The van der Waals surface area contributed by atoms with E-state index in [-0.39, 0.29) is 4.90 Å². The topological polar surface area (TPSA) is 75.1 Å². The number of benzene rings is 1. The lowest BCUT2D eigenvalue weighted by Gasteiger charge is -2.24.